The van der Waals surface area contributed by atoms with Crippen LogP contribution < -0.4 is 5.73 Å². The molecule has 0 spiro atoms. The Labute approximate surface area is 80.7 Å². The van der Waals surface area contributed by atoms with Crippen molar-refractivity contribution < 1.29 is 0 Å². The van der Waals surface area contributed by atoms with Gasteiger partial charge in [0.1, 0.15) is 0 Å². The fourth-order valence-electron chi connectivity index (χ4n) is 1.84. The van der Waals surface area contributed by atoms with Crippen molar-refractivity contribution in [1.29, 1.82) is 0 Å². The van der Waals surface area contributed by atoms with Crippen molar-refractivity contribution in [1.82, 2.24) is 4.57 Å². The van der Waals surface area contributed by atoms with Gasteiger partial charge in [-0.15, -0.1) is 0 Å². The van der Waals surface area contributed by atoms with Crippen molar-refractivity contribution in [3.05, 3.63) is 23.5 Å². The number of hydrogen-bond donors (Lipinski definition) is 1. The van der Waals surface area contributed by atoms with Crippen molar-refractivity contribution >= 4 is 0 Å². The van der Waals surface area contributed by atoms with Gasteiger partial charge >= 0.3 is 0 Å². The minimum atomic E-state index is 0.548. The zero-order chi connectivity index (χ0) is 9.84. The van der Waals surface area contributed by atoms with E-state index in [9.17, 15) is 0 Å². The lowest BCUT2D eigenvalue weighted by Gasteiger charge is -2.16. The van der Waals surface area contributed by atoms with E-state index in [0.717, 1.165) is 19.4 Å². The molecule has 0 saturated heterocycles. The van der Waals surface area contributed by atoms with Crippen molar-refractivity contribution in [2.45, 2.75) is 39.7 Å². The van der Waals surface area contributed by atoms with Crippen molar-refractivity contribution in [3.63, 3.8) is 0 Å². The largest absolute Gasteiger partial charge is 0.346 e. The summed E-state index contributed by atoms with van der Waals surface area (Å²) in [4.78, 5) is 0. The number of aromatic nitrogens is 1. The predicted octanol–water partition coefficient (Wildman–Crippen LogP) is 2.13. The maximum Gasteiger partial charge on any atom is 0.0279 e. The van der Waals surface area contributed by atoms with Crippen LogP contribution in [0.4, 0.5) is 0 Å². The Hall–Kier alpha value is -0.760. The summed E-state index contributed by atoms with van der Waals surface area (Å²) < 4.78 is 2.40. The Morgan fingerprint density at radius 1 is 1.31 bits per heavy atom. The normalized spacial score (nSPS) is 11.2. The fourth-order valence-corrected chi connectivity index (χ4v) is 1.84. The van der Waals surface area contributed by atoms with Crippen LogP contribution in [0.5, 0.6) is 0 Å². The Morgan fingerprint density at radius 2 is 1.92 bits per heavy atom. The minimum absolute atomic E-state index is 0.548. The summed E-state index contributed by atoms with van der Waals surface area (Å²) in [5.74, 6) is 0. The molecule has 0 bridgehead atoms. The lowest BCUT2D eigenvalue weighted by Crippen LogP contribution is -2.12. The molecule has 1 aromatic rings. The van der Waals surface area contributed by atoms with E-state index in [1.807, 2.05) is 0 Å². The molecule has 0 aliphatic heterocycles. The zero-order valence-electron chi connectivity index (χ0n) is 8.88. The molecule has 0 atom stereocenters. The van der Waals surface area contributed by atoms with Gasteiger partial charge in [0.15, 0.2) is 0 Å². The molecule has 0 saturated carbocycles. The van der Waals surface area contributed by atoms with E-state index >= 15 is 0 Å². The molecule has 0 fully saturated rings. The van der Waals surface area contributed by atoms with E-state index in [-0.39, 0.29) is 0 Å². The van der Waals surface area contributed by atoms with Gasteiger partial charge in [0.05, 0.1) is 0 Å². The maximum absolute atomic E-state index is 5.57. The number of nitrogens with two attached hydrogens (primary N) is 1. The smallest absolute Gasteiger partial charge is 0.0279 e. The zero-order valence-corrected chi connectivity index (χ0v) is 8.88. The van der Waals surface area contributed by atoms with Gasteiger partial charge in [-0.25, -0.2) is 0 Å². The molecule has 13 heavy (non-hydrogen) atoms. The molecular formula is C11H20N2. The van der Waals surface area contributed by atoms with Gasteiger partial charge in [-0.1, -0.05) is 6.92 Å². The molecule has 0 aliphatic rings. The van der Waals surface area contributed by atoms with E-state index in [1.165, 1.54) is 11.4 Å². The first kappa shape index (κ1) is 10.3. The molecule has 1 heterocycles. The average molecular weight is 180 g/mol. The molecule has 0 amide bonds. The molecule has 0 unspecified atom stereocenters. The maximum atomic E-state index is 5.57. The van der Waals surface area contributed by atoms with Crippen LogP contribution in [0.3, 0.4) is 0 Å². The molecule has 1 rings (SSSR count). The van der Waals surface area contributed by atoms with Crippen LogP contribution in [-0.4, -0.2) is 11.1 Å². The highest BCUT2D eigenvalue weighted by Crippen LogP contribution is 2.16. The first-order valence-electron chi connectivity index (χ1n) is 5.09. The summed E-state index contributed by atoms with van der Waals surface area (Å²) in [5.41, 5.74) is 8.35. The third kappa shape index (κ3) is 2.13. The predicted molar refractivity (Wildman–Crippen MR) is 57.0 cm³/mol. The van der Waals surface area contributed by atoms with E-state index in [2.05, 4.69) is 37.5 Å². The third-order valence-electron chi connectivity index (χ3n) is 2.37. The van der Waals surface area contributed by atoms with E-state index in [1.54, 1.807) is 0 Å². The molecule has 0 radical (unpaired) electrons. The number of hydrogen-bond acceptors (Lipinski definition) is 1. The molecule has 0 aromatic carbocycles. The summed E-state index contributed by atoms with van der Waals surface area (Å²) >= 11 is 0. The van der Waals surface area contributed by atoms with E-state index in [4.69, 9.17) is 5.73 Å². The van der Waals surface area contributed by atoms with E-state index in [0.29, 0.717) is 6.04 Å². The average Bonchev–Trinajstić information content (AvgIpc) is 2.48. The van der Waals surface area contributed by atoms with Crippen LogP contribution in [0.15, 0.2) is 12.1 Å². The van der Waals surface area contributed by atoms with Gasteiger partial charge in [-0.05, 0) is 45.4 Å². The Bertz CT molecular complexity index is 261. The Balaban J connectivity index is 2.99. The summed E-state index contributed by atoms with van der Waals surface area (Å²) in [6.45, 7) is 7.37. The second-order valence-electron chi connectivity index (χ2n) is 3.67. The van der Waals surface area contributed by atoms with Crippen LogP contribution in [0.1, 0.15) is 38.2 Å². The molecular weight excluding hydrogens is 160 g/mol. The van der Waals surface area contributed by atoms with Crippen LogP contribution >= 0.6 is 0 Å². The van der Waals surface area contributed by atoms with Crippen molar-refractivity contribution in [3.8, 4) is 0 Å². The van der Waals surface area contributed by atoms with Crippen LogP contribution in [-0.2, 0) is 12.8 Å². The Morgan fingerprint density at radius 3 is 2.38 bits per heavy atom. The van der Waals surface area contributed by atoms with Gasteiger partial charge in [-0.2, -0.15) is 0 Å². The van der Waals surface area contributed by atoms with Gasteiger partial charge in [0, 0.05) is 17.4 Å². The molecule has 0 aliphatic carbocycles. The van der Waals surface area contributed by atoms with Gasteiger partial charge in [0.2, 0.25) is 0 Å². The molecule has 2 heteroatoms. The standard InChI is InChI=1S/C11H20N2/c1-4-10-5-6-11(7-8-12)13(10)9(2)3/h5-6,9H,4,7-8,12H2,1-3H3. The van der Waals surface area contributed by atoms with Gasteiger partial charge in [0.25, 0.3) is 0 Å². The monoisotopic (exact) mass is 180 g/mol. The SMILES string of the molecule is CCc1ccc(CCN)n1C(C)C. The van der Waals surface area contributed by atoms with Crippen LogP contribution in [0.2, 0.25) is 0 Å². The summed E-state index contributed by atoms with van der Waals surface area (Å²) in [7, 11) is 0. The third-order valence-corrected chi connectivity index (χ3v) is 2.37. The highest BCUT2D eigenvalue weighted by Gasteiger charge is 2.08. The van der Waals surface area contributed by atoms with Crippen LogP contribution in [0.25, 0.3) is 0 Å². The van der Waals surface area contributed by atoms with Crippen molar-refractivity contribution in [2.75, 3.05) is 6.54 Å². The summed E-state index contributed by atoms with van der Waals surface area (Å²) in [5, 5.41) is 0. The quantitative estimate of drug-likeness (QED) is 0.756. The number of rotatable bonds is 4. The molecule has 2 nitrogen and oxygen atoms in total. The highest BCUT2D eigenvalue weighted by molar-refractivity contribution is 5.17. The first-order valence-corrected chi connectivity index (χ1v) is 5.09. The second-order valence-corrected chi connectivity index (χ2v) is 3.67. The first-order chi connectivity index (χ1) is 6.20. The summed E-state index contributed by atoms with van der Waals surface area (Å²) in [6.07, 6.45) is 2.08. The van der Waals surface area contributed by atoms with Gasteiger partial charge < -0.3 is 10.3 Å². The van der Waals surface area contributed by atoms with Gasteiger partial charge in [-0.3, -0.25) is 0 Å². The topological polar surface area (TPSA) is 30.9 Å². The van der Waals surface area contributed by atoms with E-state index < -0.39 is 0 Å². The minimum Gasteiger partial charge on any atom is -0.346 e. The highest BCUT2D eigenvalue weighted by atomic mass is 15.0. The Kier molecular flexibility index (Phi) is 3.55. The van der Waals surface area contributed by atoms with Crippen LogP contribution in [0, 0.1) is 0 Å². The number of nitrogens with zero attached hydrogens (tertiary/aromatic N) is 1. The molecule has 74 valence electrons. The lowest BCUT2D eigenvalue weighted by molar-refractivity contribution is 0.554. The molecule has 1 aromatic heterocycles. The molecule has 2 N–H and O–H groups in total. The summed E-state index contributed by atoms with van der Waals surface area (Å²) in [6, 6.07) is 4.96. The second kappa shape index (κ2) is 4.47. The fraction of sp³-hybridized carbons (Fsp3) is 0.636. The lowest BCUT2D eigenvalue weighted by atomic mass is 10.3. The van der Waals surface area contributed by atoms with Crippen molar-refractivity contribution in [2.24, 2.45) is 5.73 Å². The number of aryl methyl sites for hydroxylation is 1.